The van der Waals surface area contributed by atoms with Crippen molar-refractivity contribution in [2.45, 2.75) is 44.2 Å². The Balaban J connectivity index is 1.38. The largest absolute Gasteiger partial charge is 0.495 e. The highest BCUT2D eigenvalue weighted by atomic mass is 19.1. The lowest BCUT2D eigenvalue weighted by Gasteiger charge is -2.48. The van der Waals surface area contributed by atoms with Crippen LogP contribution in [-0.4, -0.2) is 52.7 Å². The first kappa shape index (κ1) is 23.0. The SMILES string of the molecule is COc1cc(/C=C2\CC3(CCCO3)CN3C2=NCCC3c2ccc(F)cc2)ccc1-n1cnc(C)c1. The van der Waals surface area contributed by atoms with Crippen molar-refractivity contribution in [3.05, 3.63) is 83.2 Å². The number of piperidine rings is 1. The van der Waals surface area contributed by atoms with E-state index in [0.717, 1.165) is 79.5 Å². The third kappa shape index (κ3) is 4.22. The zero-order valence-corrected chi connectivity index (χ0v) is 20.8. The number of aryl methyl sites for hydroxylation is 1. The number of hydrogen-bond acceptors (Lipinski definition) is 5. The number of rotatable bonds is 4. The Morgan fingerprint density at radius 3 is 2.78 bits per heavy atom. The number of aliphatic imine (C=N–C) groups is 1. The molecule has 2 fully saturated rings. The Morgan fingerprint density at radius 2 is 2.06 bits per heavy atom. The van der Waals surface area contributed by atoms with Gasteiger partial charge in [-0.05, 0) is 73.2 Å². The topological polar surface area (TPSA) is 51.9 Å². The third-order valence-corrected chi connectivity index (χ3v) is 7.55. The average molecular weight is 487 g/mol. The summed E-state index contributed by atoms with van der Waals surface area (Å²) < 4.78 is 27.8. The molecule has 6 rings (SSSR count). The van der Waals surface area contributed by atoms with Gasteiger partial charge in [-0.1, -0.05) is 18.2 Å². The van der Waals surface area contributed by atoms with Gasteiger partial charge in [0.1, 0.15) is 17.4 Å². The van der Waals surface area contributed by atoms with E-state index in [0.29, 0.717) is 0 Å². The lowest BCUT2D eigenvalue weighted by Crippen LogP contribution is -2.54. The van der Waals surface area contributed by atoms with Crippen LogP contribution in [-0.2, 0) is 4.74 Å². The summed E-state index contributed by atoms with van der Waals surface area (Å²) in [4.78, 5) is 11.7. The second kappa shape index (κ2) is 9.21. The summed E-state index contributed by atoms with van der Waals surface area (Å²) in [5.74, 6) is 1.61. The summed E-state index contributed by atoms with van der Waals surface area (Å²) in [6.07, 6.45) is 9.87. The Hall–Kier alpha value is -3.45. The van der Waals surface area contributed by atoms with Crippen LogP contribution in [0.4, 0.5) is 4.39 Å². The Bertz CT molecular complexity index is 1320. The van der Waals surface area contributed by atoms with E-state index in [1.54, 1.807) is 25.6 Å². The van der Waals surface area contributed by atoms with Gasteiger partial charge < -0.3 is 18.9 Å². The summed E-state index contributed by atoms with van der Waals surface area (Å²) in [6.45, 7) is 4.33. The molecule has 0 saturated carbocycles. The van der Waals surface area contributed by atoms with Gasteiger partial charge in [0.2, 0.25) is 0 Å². The minimum absolute atomic E-state index is 0.157. The number of halogens is 1. The molecular formula is C29H31FN4O2. The number of aromatic nitrogens is 2. The van der Waals surface area contributed by atoms with E-state index in [1.165, 1.54) is 5.57 Å². The quantitative estimate of drug-likeness (QED) is 0.488. The van der Waals surface area contributed by atoms with Gasteiger partial charge in [-0.2, -0.15) is 0 Å². The van der Waals surface area contributed by atoms with Crippen molar-refractivity contribution in [1.82, 2.24) is 14.5 Å². The molecule has 0 radical (unpaired) electrons. The number of nitrogens with zero attached hydrogens (tertiary/aromatic N) is 4. The van der Waals surface area contributed by atoms with Crippen LogP contribution in [0.1, 0.15) is 48.5 Å². The molecule has 3 aliphatic rings. The van der Waals surface area contributed by atoms with Crippen molar-refractivity contribution in [1.29, 1.82) is 0 Å². The van der Waals surface area contributed by atoms with E-state index in [-0.39, 0.29) is 17.5 Å². The van der Waals surface area contributed by atoms with E-state index in [1.807, 2.05) is 29.8 Å². The minimum Gasteiger partial charge on any atom is -0.495 e. The zero-order valence-electron chi connectivity index (χ0n) is 20.8. The molecule has 0 bridgehead atoms. The van der Waals surface area contributed by atoms with Crippen LogP contribution >= 0.6 is 0 Å². The van der Waals surface area contributed by atoms with Gasteiger partial charge in [-0.25, -0.2) is 9.37 Å². The molecule has 1 aromatic heterocycles. The summed E-state index contributed by atoms with van der Waals surface area (Å²) in [6, 6.07) is 13.3. The van der Waals surface area contributed by atoms with E-state index in [9.17, 15) is 4.39 Å². The van der Waals surface area contributed by atoms with Gasteiger partial charge in [0.05, 0.1) is 36.5 Å². The number of amidine groups is 1. The lowest BCUT2D eigenvalue weighted by atomic mass is 9.83. The highest BCUT2D eigenvalue weighted by Crippen LogP contribution is 2.43. The molecule has 2 atom stereocenters. The number of ether oxygens (including phenoxy) is 2. The van der Waals surface area contributed by atoms with E-state index < -0.39 is 0 Å². The molecule has 1 spiro atoms. The normalized spacial score (nSPS) is 24.8. The fourth-order valence-corrected chi connectivity index (χ4v) is 5.87. The second-order valence-corrected chi connectivity index (χ2v) is 10.0. The van der Waals surface area contributed by atoms with Gasteiger partial charge in [0.25, 0.3) is 0 Å². The molecule has 0 N–H and O–H groups in total. The maximum absolute atomic E-state index is 13.6. The predicted molar refractivity (Wildman–Crippen MR) is 138 cm³/mol. The molecular weight excluding hydrogens is 455 g/mol. The average Bonchev–Trinajstić information content (AvgIpc) is 3.53. The third-order valence-electron chi connectivity index (χ3n) is 7.55. The van der Waals surface area contributed by atoms with Crippen molar-refractivity contribution in [2.24, 2.45) is 4.99 Å². The van der Waals surface area contributed by atoms with Gasteiger partial charge in [0, 0.05) is 32.3 Å². The Morgan fingerprint density at radius 1 is 1.19 bits per heavy atom. The number of methoxy groups -OCH3 is 1. The molecule has 0 aliphatic carbocycles. The van der Waals surface area contributed by atoms with Crippen molar-refractivity contribution < 1.29 is 13.9 Å². The molecule has 186 valence electrons. The summed E-state index contributed by atoms with van der Waals surface area (Å²) in [5.41, 5.74) is 5.07. The van der Waals surface area contributed by atoms with Crippen LogP contribution in [0.25, 0.3) is 11.8 Å². The number of fused-ring (bicyclic) bond motifs is 1. The Kier molecular flexibility index (Phi) is 5.88. The minimum atomic E-state index is -0.209. The fraction of sp³-hybridized carbons (Fsp3) is 0.379. The molecule has 0 amide bonds. The molecule has 4 heterocycles. The fourth-order valence-electron chi connectivity index (χ4n) is 5.87. The zero-order chi connectivity index (χ0) is 24.7. The van der Waals surface area contributed by atoms with E-state index >= 15 is 0 Å². The number of benzene rings is 2. The van der Waals surface area contributed by atoms with Crippen molar-refractivity contribution in [3.63, 3.8) is 0 Å². The highest BCUT2D eigenvalue weighted by molar-refractivity contribution is 6.03. The molecule has 3 aromatic rings. The Labute approximate surface area is 211 Å². The van der Waals surface area contributed by atoms with Crippen LogP contribution in [0.15, 0.2) is 65.6 Å². The number of imidazole rings is 1. The molecule has 36 heavy (non-hydrogen) atoms. The smallest absolute Gasteiger partial charge is 0.143 e. The molecule has 2 aromatic carbocycles. The van der Waals surface area contributed by atoms with Crippen LogP contribution < -0.4 is 4.74 Å². The maximum atomic E-state index is 13.6. The van der Waals surface area contributed by atoms with Crippen molar-refractivity contribution in [2.75, 3.05) is 26.8 Å². The van der Waals surface area contributed by atoms with Crippen LogP contribution in [0.5, 0.6) is 5.75 Å². The molecule has 6 nitrogen and oxygen atoms in total. The first-order valence-corrected chi connectivity index (χ1v) is 12.6. The van der Waals surface area contributed by atoms with Crippen LogP contribution in [0, 0.1) is 12.7 Å². The molecule has 3 aliphatic heterocycles. The maximum Gasteiger partial charge on any atom is 0.143 e. The van der Waals surface area contributed by atoms with Crippen LogP contribution in [0.3, 0.4) is 0 Å². The summed E-state index contributed by atoms with van der Waals surface area (Å²) in [5, 5.41) is 0. The van der Waals surface area contributed by atoms with Crippen molar-refractivity contribution in [3.8, 4) is 11.4 Å². The summed E-state index contributed by atoms with van der Waals surface area (Å²) >= 11 is 0. The van der Waals surface area contributed by atoms with E-state index in [2.05, 4.69) is 34.2 Å². The second-order valence-electron chi connectivity index (χ2n) is 10.0. The molecule has 2 unspecified atom stereocenters. The number of hydrogen-bond donors (Lipinski definition) is 0. The first-order valence-electron chi connectivity index (χ1n) is 12.6. The predicted octanol–water partition coefficient (Wildman–Crippen LogP) is 5.51. The highest BCUT2D eigenvalue weighted by Gasteiger charge is 2.46. The molecule has 7 heteroatoms. The van der Waals surface area contributed by atoms with Gasteiger partial charge in [0.15, 0.2) is 0 Å². The monoisotopic (exact) mass is 486 g/mol. The van der Waals surface area contributed by atoms with Crippen molar-refractivity contribution >= 4 is 11.9 Å². The first-order chi connectivity index (χ1) is 17.5. The van der Waals surface area contributed by atoms with Gasteiger partial charge >= 0.3 is 0 Å². The van der Waals surface area contributed by atoms with Crippen LogP contribution in [0.2, 0.25) is 0 Å². The molecule has 2 saturated heterocycles. The van der Waals surface area contributed by atoms with Gasteiger partial charge in [-0.3, -0.25) is 4.99 Å². The van der Waals surface area contributed by atoms with E-state index in [4.69, 9.17) is 14.5 Å². The summed E-state index contributed by atoms with van der Waals surface area (Å²) in [7, 11) is 1.70. The van der Waals surface area contributed by atoms with Gasteiger partial charge in [-0.15, -0.1) is 0 Å². The lowest BCUT2D eigenvalue weighted by molar-refractivity contribution is -0.0244. The standard InChI is InChI=1S/C29H31FN4O2/c1-20-17-33(19-32-20)26-9-4-21(15-27(26)35-2)14-23-16-29(11-3-13-36-29)18-34-25(10-12-31-28(23)34)22-5-7-24(30)8-6-22/h4-9,14-15,17,19,25H,3,10-13,16,18H2,1-2H3/b23-14+.